The Labute approximate surface area is 202 Å². The van der Waals surface area contributed by atoms with Gasteiger partial charge < -0.3 is 15.0 Å². The lowest BCUT2D eigenvalue weighted by molar-refractivity contribution is -0.137. The van der Waals surface area contributed by atoms with E-state index in [0.29, 0.717) is 52.5 Å². The quantitative estimate of drug-likeness (QED) is 0.622. The van der Waals surface area contributed by atoms with E-state index in [2.05, 4.69) is 15.1 Å². The molecule has 0 radical (unpaired) electrons. The lowest BCUT2D eigenvalue weighted by Crippen LogP contribution is -2.53. The van der Waals surface area contributed by atoms with Crippen molar-refractivity contribution in [1.29, 1.82) is 0 Å². The summed E-state index contributed by atoms with van der Waals surface area (Å²) in [5.74, 6) is -0.298. The number of carbonyl (C=O) groups is 1. The summed E-state index contributed by atoms with van der Waals surface area (Å²) in [4.78, 5) is 19.0. The number of urea groups is 1. The summed E-state index contributed by atoms with van der Waals surface area (Å²) >= 11 is 0. The van der Waals surface area contributed by atoms with Crippen LogP contribution in [0.25, 0.3) is 0 Å². The van der Waals surface area contributed by atoms with Crippen molar-refractivity contribution in [2.45, 2.75) is 18.8 Å². The van der Waals surface area contributed by atoms with Gasteiger partial charge in [0.25, 0.3) is 0 Å². The third-order valence-corrected chi connectivity index (χ3v) is 6.53. The molecule has 0 aliphatic carbocycles. The Hall–Kier alpha value is -2.69. The number of amides is 2. The number of hydrogen-bond acceptors (Lipinski definition) is 4. The fourth-order valence-electron chi connectivity index (χ4n) is 4.49. The molecule has 4 rings (SSSR count). The predicted molar refractivity (Wildman–Crippen MR) is 123 cm³/mol. The molecule has 0 bridgehead atoms. The third-order valence-electron chi connectivity index (χ3n) is 6.53. The van der Waals surface area contributed by atoms with Gasteiger partial charge in [-0.1, -0.05) is 24.3 Å². The molecule has 1 atom stereocenters. The second-order valence-electron chi connectivity index (χ2n) is 8.86. The maximum atomic E-state index is 13.4. The van der Waals surface area contributed by atoms with Crippen molar-refractivity contribution in [3.8, 4) is 0 Å². The maximum Gasteiger partial charge on any atom is 0.416 e. The molecular formula is C25H30F4N4O2. The molecule has 2 saturated heterocycles. The Morgan fingerprint density at radius 3 is 2.14 bits per heavy atom. The van der Waals surface area contributed by atoms with Crippen LogP contribution in [-0.4, -0.2) is 79.8 Å². The first-order chi connectivity index (χ1) is 16.8. The Balaban J connectivity index is 1.27. The number of nitrogens with one attached hydrogen (secondary N) is 1. The van der Waals surface area contributed by atoms with Gasteiger partial charge in [-0.05, 0) is 35.4 Å². The molecule has 2 aliphatic rings. The second kappa shape index (κ2) is 11.4. The van der Waals surface area contributed by atoms with Crippen molar-refractivity contribution < 1.29 is 27.1 Å². The zero-order valence-corrected chi connectivity index (χ0v) is 19.4. The van der Waals surface area contributed by atoms with E-state index in [4.69, 9.17) is 4.74 Å². The fourth-order valence-corrected chi connectivity index (χ4v) is 4.49. The van der Waals surface area contributed by atoms with Crippen LogP contribution in [0.2, 0.25) is 0 Å². The summed E-state index contributed by atoms with van der Waals surface area (Å²) in [5.41, 5.74) is 1.09. The SMILES string of the molecule is O=C(NC[C@@H](c1ccc(F)cc1)N1CCOCC1)N1CCN(Cc2ccc(C(F)(F)F)cc2)CC1. The Morgan fingerprint density at radius 1 is 0.914 bits per heavy atom. The van der Waals surface area contributed by atoms with Gasteiger partial charge in [-0.2, -0.15) is 13.2 Å². The number of halogens is 4. The molecule has 0 saturated carbocycles. The average molecular weight is 495 g/mol. The standard InChI is InChI=1S/C25H30F4N4O2/c26-22-7-3-20(4-8-22)23(32-13-15-35-16-14-32)17-30-24(34)33-11-9-31(10-12-33)18-19-1-5-21(6-2-19)25(27,28)29/h1-8,23H,9-18H2,(H,30,34)/t23-/m0/s1. The molecule has 35 heavy (non-hydrogen) atoms. The van der Waals surface area contributed by atoms with E-state index in [1.807, 2.05) is 0 Å². The third kappa shape index (κ3) is 6.93. The molecule has 2 aliphatic heterocycles. The van der Waals surface area contributed by atoms with Crippen molar-refractivity contribution >= 4 is 6.03 Å². The lowest BCUT2D eigenvalue weighted by Gasteiger charge is -2.37. The molecule has 2 heterocycles. The van der Waals surface area contributed by atoms with Gasteiger partial charge in [-0.25, -0.2) is 9.18 Å². The molecule has 2 aromatic carbocycles. The van der Waals surface area contributed by atoms with Crippen LogP contribution in [-0.2, 0) is 17.5 Å². The van der Waals surface area contributed by atoms with E-state index >= 15 is 0 Å². The molecule has 0 spiro atoms. The van der Waals surface area contributed by atoms with E-state index in [9.17, 15) is 22.4 Å². The summed E-state index contributed by atoms with van der Waals surface area (Å²) in [7, 11) is 0. The zero-order valence-electron chi connectivity index (χ0n) is 19.4. The van der Waals surface area contributed by atoms with E-state index in [0.717, 1.165) is 36.3 Å². The minimum absolute atomic E-state index is 0.0793. The van der Waals surface area contributed by atoms with Crippen molar-refractivity contribution in [3.63, 3.8) is 0 Å². The Bertz CT molecular complexity index is 955. The van der Waals surface area contributed by atoms with Crippen LogP contribution in [0.1, 0.15) is 22.7 Å². The van der Waals surface area contributed by atoms with E-state index in [-0.39, 0.29) is 17.9 Å². The fraction of sp³-hybridized carbons (Fsp3) is 0.480. The van der Waals surface area contributed by atoms with Crippen LogP contribution >= 0.6 is 0 Å². The highest BCUT2D eigenvalue weighted by Gasteiger charge is 2.30. The van der Waals surface area contributed by atoms with Gasteiger partial charge in [0.1, 0.15) is 5.82 Å². The minimum Gasteiger partial charge on any atom is -0.379 e. The van der Waals surface area contributed by atoms with Gasteiger partial charge in [0, 0.05) is 52.4 Å². The largest absolute Gasteiger partial charge is 0.416 e. The number of rotatable bonds is 6. The summed E-state index contributed by atoms with van der Waals surface area (Å²) in [6, 6.07) is 11.3. The highest BCUT2D eigenvalue weighted by atomic mass is 19.4. The van der Waals surface area contributed by atoms with Crippen molar-refractivity contribution in [3.05, 3.63) is 71.0 Å². The molecular weight excluding hydrogens is 464 g/mol. The minimum atomic E-state index is -4.34. The highest BCUT2D eigenvalue weighted by molar-refractivity contribution is 5.74. The van der Waals surface area contributed by atoms with Gasteiger partial charge in [0.2, 0.25) is 0 Å². The first kappa shape index (κ1) is 25.4. The number of nitrogens with zero attached hydrogens (tertiary/aromatic N) is 3. The second-order valence-corrected chi connectivity index (χ2v) is 8.86. The van der Waals surface area contributed by atoms with E-state index in [1.165, 1.54) is 24.3 Å². The van der Waals surface area contributed by atoms with Gasteiger partial charge >= 0.3 is 12.2 Å². The normalized spacial score (nSPS) is 18.9. The number of hydrogen-bond donors (Lipinski definition) is 1. The molecule has 0 aromatic heterocycles. The van der Waals surface area contributed by atoms with Crippen LogP contribution in [0.4, 0.5) is 22.4 Å². The smallest absolute Gasteiger partial charge is 0.379 e. The average Bonchev–Trinajstić information content (AvgIpc) is 2.86. The molecule has 6 nitrogen and oxygen atoms in total. The summed E-state index contributed by atoms with van der Waals surface area (Å²) in [5, 5.41) is 3.03. The monoisotopic (exact) mass is 494 g/mol. The number of benzene rings is 2. The summed E-state index contributed by atoms with van der Waals surface area (Å²) in [6.07, 6.45) is -4.34. The lowest BCUT2D eigenvalue weighted by atomic mass is 10.0. The summed E-state index contributed by atoms with van der Waals surface area (Å²) in [6.45, 7) is 5.99. The van der Waals surface area contributed by atoms with E-state index < -0.39 is 11.7 Å². The first-order valence-electron chi connectivity index (χ1n) is 11.8. The molecule has 2 aromatic rings. The Morgan fingerprint density at radius 2 is 1.54 bits per heavy atom. The van der Waals surface area contributed by atoms with Crippen LogP contribution < -0.4 is 5.32 Å². The van der Waals surface area contributed by atoms with E-state index in [1.54, 1.807) is 17.0 Å². The molecule has 190 valence electrons. The van der Waals surface area contributed by atoms with Crippen LogP contribution in [0.5, 0.6) is 0 Å². The molecule has 10 heteroatoms. The highest BCUT2D eigenvalue weighted by Crippen LogP contribution is 2.29. The Kier molecular flexibility index (Phi) is 8.25. The number of piperazine rings is 1. The van der Waals surface area contributed by atoms with Gasteiger partial charge in [0.15, 0.2) is 0 Å². The van der Waals surface area contributed by atoms with Crippen molar-refractivity contribution in [2.24, 2.45) is 0 Å². The van der Waals surface area contributed by atoms with Crippen LogP contribution in [0.15, 0.2) is 48.5 Å². The maximum absolute atomic E-state index is 13.4. The van der Waals surface area contributed by atoms with Crippen molar-refractivity contribution in [1.82, 2.24) is 20.0 Å². The summed E-state index contributed by atoms with van der Waals surface area (Å²) < 4.78 is 57.1. The zero-order chi connectivity index (χ0) is 24.8. The van der Waals surface area contributed by atoms with Crippen molar-refractivity contribution in [2.75, 3.05) is 59.0 Å². The number of carbonyl (C=O) groups excluding carboxylic acids is 1. The predicted octanol–water partition coefficient (Wildman–Crippen LogP) is 3.75. The number of morpholine rings is 1. The molecule has 2 fully saturated rings. The first-order valence-corrected chi connectivity index (χ1v) is 11.8. The molecule has 2 amide bonds. The van der Waals surface area contributed by atoms with Gasteiger partial charge in [-0.15, -0.1) is 0 Å². The van der Waals surface area contributed by atoms with Gasteiger partial charge in [-0.3, -0.25) is 9.80 Å². The molecule has 0 unspecified atom stereocenters. The molecule has 1 N–H and O–H groups in total. The number of ether oxygens (including phenoxy) is 1. The van der Waals surface area contributed by atoms with Crippen LogP contribution in [0.3, 0.4) is 0 Å². The van der Waals surface area contributed by atoms with Gasteiger partial charge in [0.05, 0.1) is 24.8 Å². The van der Waals surface area contributed by atoms with Crippen LogP contribution in [0, 0.1) is 5.82 Å². The number of alkyl halides is 3. The topological polar surface area (TPSA) is 48.1 Å².